The molecule has 0 bridgehead atoms. The van der Waals surface area contributed by atoms with Crippen molar-refractivity contribution >= 4 is 43.4 Å². The second-order valence-corrected chi connectivity index (χ2v) is 10.5. The minimum absolute atomic E-state index is 0.00372. The number of hydrogen-bond acceptors (Lipinski definition) is 5. The molecule has 0 aromatic heterocycles. The summed E-state index contributed by atoms with van der Waals surface area (Å²) in [6.07, 6.45) is -1.00. The number of hydrogen-bond donors (Lipinski definition) is 4. The largest absolute Gasteiger partial charge is 0.476 e. The van der Waals surface area contributed by atoms with Gasteiger partial charge in [0.25, 0.3) is 5.91 Å². The van der Waals surface area contributed by atoms with Crippen molar-refractivity contribution in [3.63, 3.8) is 0 Å². The fraction of sp³-hybridized carbons (Fsp3) is 0.0370. The van der Waals surface area contributed by atoms with Crippen LogP contribution in [0, 0.1) is 5.41 Å². The maximum Gasteiger partial charge on any atom is 0.270 e. The first-order valence-electron chi connectivity index (χ1n) is 11.0. The number of amidine groups is 1. The highest BCUT2D eigenvalue weighted by Gasteiger charge is 2.24. The number of carbonyl (C=O) groups excluding carboxylic acids is 1. The summed E-state index contributed by atoms with van der Waals surface area (Å²) in [5.41, 5.74) is 8.21. The van der Waals surface area contributed by atoms with E-state index >= 15 is 0 Å². The van der Waals surface area contributed by atoms with Gasteiger partial charge in [0.05, 0.1) is 10.6 Å². The van der Waals surface area contributed by atoms with Crippen LogP contribution >= 0.6 is 15.9 Å². The second-order valence-electron chi connectivity index (χ2n) is 8.08. The monoisotopic (exact) mass is 578 g/mol. The molecule has 0 spiro atoms. The SMILES string of the molecule is N=C(N)c1cccc(OC(C(=O)Nc2ccc(-c3ccccc3S(N)(=O)=O)cc2Br)c2ccccc2)c1. The molecular weight excluding hydrogens is 556 g/mol. The molecule has 37 heavy (non-hydrogen) atoms. The molecule has 188 valence electrons. The van der Waals surface area contributed by atoms with Crippen LogP contribution in [0.3, 0.4) is 0 Å². The molecule has 4 aromatic carbocycles. The summed E-state index contributed by atoms with van der Waals surface area (Å²) >= 11 is 3.47. The van der Waals surface area contributed by atoms with Gasteiger partial charge in [0.2, 0.25) is 16.1 Å². The van der Waals surface area contributed by atoms with Crippen LogP contribution in [0.1, 0.15) is 17.2 Å². The van der Waals surface area contributed by atoms with Crippen molar-refractivity contribution in [3.8, 4) is 16.9 Å². The Morgan fingerprint density at radius 2 is 1.62 bits per heavy atom. The molecule has 0 saturated heterocycles. The zero-order chi connectivity index (χ0) is 26.6. The quantitative estimate of drug-likeness (QED) is 0.175. The van der Waals surface area contributed by atoms with Crippen molar-refractivity contribution in [2.45, 2.75) is 11.0 Å². The number of nitrogens with one attached hydrogen (secondary N) is 2. The molecule has 10 heteroatoms. The van der Waals surface area contributed by atoms with Gasteiger partial charge in [-0.05, 0) is 51.8 Å². The average Bonchev–Trinajstić information content (AvgIpc) is 2.88. The summed E-state index contributed by atoms with van der Waals surface area (Å²) < 4.78 is 30.6. The zero-order valence-electron chi connectivity index (χ0n) is 19.4. The maximum atomic E-state index is 13.4. The lowest BCUT2D eigenvalue weighted by atomic mass is 10.0. The lowest BCUT2D eigenvalue weighted by Crippen LogP contribution is -2.26. The smallest absolute Gasteiger partial charge is 0.270 e. The minimum atomic E-state index is -3.93. The molecule has 6 N–H and O–H groups in total. The van der Waals surface area contributed by atoms with E-state index in [1.807, 2.05) is 6.07 Å². The van der Waals surface area contributed by atoms with Crippen molar-refractivity contribution in [1.29, 1.82) is 5.41 Å². The molecule has 0 aliphatic carbocycles. The fourth-order valence-corrected chi connectivity index (χ4v) is 4.95. The van der Waals surface area contributed by atoms with Crippen LogP contribution in [0.4, 0.5) is 5.69 Å². The highest BCUT2D eigenvalue weighted by Crippen LogP contribution is 2.33. The van der Waals surface area contributed by atoms with Gasteiger partial charge in [-0.3, -0.25) is 10.2 Å². The standard InChI is InChI=1S/C27H23BrN4O4S/c28-22-16-18(21-11-4-5-12-24(21)37(31,34)35)13-14-23(22)32-27(33)25(17-7-2-1-3-8-17)36-20-10-6-9-19(15-20)26(29)30/h1-16,25H,(H3,29,30)(H,32,33)(H2,31,34,35). The van der Waals surface area contributed by atoms with Crippen molar-refractivity contribution in [3.05, 3.63) is 113 Å². The van der Waals surface area contributed by atoms with Gasteiger partial charge < -0.3 is 15.8 Å². The molecule has 0 saturated carbocycles. The minimum Gasteiger partial charge on any atom is -0.476 e. The normalized spacial score (nSPS) is 11.9. The summed E-state index contributed by atoms with van der Waals surface area (Å²) in [5.74, 6) is -0.164. The number of benzene rings is 4. The van der Waals surface area contributed by atoms with Crippen LogP contribution in [-0.2, 0) is 14.8 Å². The molecule has 0 aliphatic heterocycles. The Labute approximate surface area is 223 Å². The van der Waals surface area contributed by atoms with Gasteiger partial charge in [-0.1, -0.05) is 66.7 Å². The van der Waals surface area contributed by atoms with Gasteiger partial charge >= 0.3 is 0 Å². The average molecular weight is 579 g/mol. The third kappa shape index (κ3) is 6.23. The molecule has 0 heterocycles. The van der Waals surface area contributed by atoms with Crippen LogP contribution in [0.15, 0.2) is 106 Å². The van der Waals surface area contributed by atoms with Gasteiger partial charge in [-0.25, -0.2) is 13.6 Å². The van der Waals surface area contributed by atoms with Crippen molar-refractivity contribution in [2.75, 3.05) is 5.32 Å². The Bertz CT molecular complexity index is 1580. The second kappa shape index (κ2) is 11.0. The van der Waals surface area contributed by atoms with E-state index in [1.165, 1.54) is 6.07 Å². The molecule has 8 nitrogen and oxygen atoms in total. The van der Waals surface area contributed by atoms with E-state index in [0.29, 0.717) is 38.2 Å². The highest BCUT2D eigenvalue weighted by molar-refractivity contribution is 9.10. The van der Waals surface area contributed by atoms with Gasteiger partial charge in [0, 0.05) is 21.2 Å². The van der Waals surface area contributed by atoms with Crippen LogP contribution in [0.2, 0.25) is 0 Å². The Hall–Kier alpha value is -3.99. The lowest BCUT2D eigenvalue weighted by molar-refractivity contribution is -0.123. The van der Waals surface area contributed by atoms with E-state index in [2.05, 4.69) is 21.2 Å². The third-order valence-electron chi connectivity index (χ3n) is 5.47. The number of ether oxygens (including phenoxy) is 1. The number of halogens is 1. The molecule has 1 amide bonds. The van der Waals surface area contributed by atoms with E-state index in [-0.39, 0.29) is 10.7 Å². The van der Waals surface area contributed by atoms with Crippen LogP contribution in [0.25, 0.3) is 11.1 Å². The third-order valence-corrected chi connectivity index (χ3v) is 7.10. The summed E-state index contributed by atoms with van der Waals surface area (Å²) in [6, 6.07) is 27.1. The number of nitrogens with two attached hydrogens (primary N) is 2. The van der Waals surface area contributed by atoms with Crippen molar-refractivity contribution in [1.82, 2.24) is 0 Å². The summed E-state index contributed by atoms with van der Waals surface area (Å²) in [7, 11) is -3.93. The molecule has 1 atom stereocenters. The topological polar surface area (TPSA) is 148 Å². The van der Waals surface area contributed by atoms with E-state index in [1.54, 1.807) is 84.9 Å². The van der Waals surface area contributed by atoms with Gasteiger partial charge in [-0.15, -0.1) is 0 Å². The highest BCUT2D eigenvalue weighted by atomic mass is 79.9. The molecule has 4 rings (SSSR count). The fourth-order valence-electron chi connectivity index (χ4n) is 3.71. The molecule has 0 aliphatic rings. The number of nitrogen functional groups attached to an aromatic ring is 1. The number of carbonyl (C=O) groups is 1. The van der Waals surface area contributed by atoms with Crippen molar-refractivity contribution in [2.24, 2.45) is 10.9 Å². The molecular formula is C27H23BrN4O4S. The first-order chi connectivity index (χ1) is 17.6. The summed E-state index contributed by atoms with van der Waals surface area (Å²) in [5, 5.41) is 15.9. The van der Waals surface area contributed by atoms with E-state index in [4.69, 9.17) is 21.0 Å². The van der Waals surface area contributed by atoms with Crippen LogP contribution in [0.5, 0.6) is 5.75 Å². The maximum absolute atomic E-state index is 13.4. The first-order valence-corrected chi connectivity index (χ1v) is 13.4. The van der Waals surface area contributed by atoms with Crippen LogP contribution < -0.4 is 20.9 Å². The number of primary sulfonamides is 1. The van der Waals surface area contributed by atoms with E-state index in [9.17, 15) is 13.2 Å². The molecule has 0 radical (unpaired) electrons. The number of sulfonamides is 1. The van der Waals surface area contributed by atoms with Crippen molar-refractivity contribution < 1.29 is 17.9 Å². The Morgan fingerprint density at radius 1 is 0.919 bits per heavy atom. The predicted molar refractivity (Wildman–Crippen MR) is 147 cm³/mol. The number of amides is 1. The zero-order valence-corrected chi connectivity index (χ0v) is 21.8. The molecule has 4 aromatic rings. The van der Waals surface area contributed by atoms with Gasteiger partial charge in [0.1, 0.15) is 11.6 Å². The molecule has 0 fully saturated rings. The predicted octanol–water partition coefficient (Wildman–Crippen LogP) is 4.81. The van der Waals surface area contributed by atoms with Gasteiger partial charge in [-0.2, -0.15) is 0 Å². The Kier molecular flexibility index (Phi) is 7.72. The molecule has 1 unspecified atom stereocenters. The Balaban J connectivity index is 1.63. The summed E-state index contributed by atoms with van der Waals surface area (Å²) in [4.78, 5) is 13.4. The van der Waals surface area contributed by atoms with E-state index in [0.717, 1.165) is 0 Å². The first kappa shape index (κ1) is 26.1. The lowest BCUT2D eigenvalue weighted by Gasteiger charge is -2.20. The van der Waals surface area contributed by atoms with Gasteiger partial charge in [0.15, 0.2) is 0 Å². The summed E-state index contributed by atoms with van der Waals surface area (Å²) in [6.45, 7) is 0. The number of anilines is 1. The van der Waals surface area contributed by atoms with E-state index < -0.39 is 22.0 Å². The van der Waals surface area contributed by atoms with Crippen LogP contribution in [-0.4, -0.2) is 20.2 Å². The Morgan fingerprint density at radius 3 is 2.30 bits per heavy atom. The number of rotatable bonds is 8.